The fourth-order valence-electron chi connectivity index (χ4n) is 3.58. The number of aliphatic imine (C=N–C) groups is 1. The summed E-state index contributed by atoms with van der Waals surface area (Å²) in [6.45, 7) is 8.20. The number of halogens is 1. The average molecular weight is 468 g/mol. The highest BCUT2D eigenvalue weighted by molar-refractivity contribution is 6.30. The average Bonchev–Trinajstić information content (AvgIpc) is 3.10. The second kappa shape index (κ2) is 9.95. The molecule has 8 nitrogen and oxygen atoms in total. The molecule has 1 amide bonds. The molecule has 0 spiro atoms. The molecule has 0 unspecified atom stereocenters. The molecule has 2 N–H and O–H groups in total. The van der Waals surface area contributed by atoms with Crippen molar-refractivity contribution in [3.8, 4) is 11.5 Å². The summed E-state index contributed by atoms with van der Waals surface area (Å²) in [5.74, 6) is 1.35. The third kappa shape index (κ3) is 5.28. The van der Waals surface area contributed by atoms with Crippen LogP contribution in [0.25, 0.3) is 0 Å². The van der Waals surface area contributed by atoms with Crippen molar-refractivity contribution in [3.05, 3.63) is 70.0 Å². The number of amides is 1. The van der Waals surface area contributed by atoms with E-state index < -0.39 is 0 Å². The van der Waals surface area contributed by atoms with E-state index in [4.69, 9.17) is 21.1 Å². The lowest BCUT2D eigenvalue weighted by Gasteiger charge is -2.19. The standard InChI is InChI=1S/C24H26ClN5O3/c1-4-30-16(3)20(15(2)29-30)14-26-24(28-23(31)17-5-7-18(25)8-6-17)27-19-9-10-21-22(13-19)33-12-11-32-21/h5-10,13H,4,11-12,14H2,1-3H3,(H2,26,27,28,31). The molecule has 0 fully saturated rings. The summed E-state index contributed by atoms with van der Waals surface area (Å²) in [4.78, 5) is 17.5. The summed E-state index contributed by atoms with van der Waals surface area (Å²) in [5, 5.41) is 11.2. The molecule has 3 aromatic rings. The molecule has 0 saturated heterocycles. The van der Waals surface area contributed by atoms with E-state index in [-0.39, 0.29) is 5.91 Å². The van der Waals surface area contributed by atoms with E-state index in [9.17, 15) is 4.79 Å². The van der Waals surface area contributed by atoms with Crippen molar-refractivity contribution < 1.29 is 14.3 Å². The summed E-state index contributed by atoms with van der Waals surface area (Å²) in [7, 11) is 0. The van der Waals surface area contributed by atoms with E-state index in [1.165, 1.54) is 0 Å². The Bertz CT molecular complexity index is 1190. The minimum Gasteiger partial charge on any atom is -0.486 e. The lowest BCUT2D eigenvalue weighted by molar-refractivity contribution is 0.0977. The second-order valence-corrected chi connectivity index (χ2v) is 8.01. The number of aromatic nitrogens is 2. The monoisotopic (exact) mass is 467 g/mol. The van der Waals surface area contributed by atoms with Crippen LogP contribution in [0.2, 0.25) is 5.02 Å². The molecule has 2 aromatic carbocycles. The number of hydrogen-bond acceptors (Lipinski definition) is 5. The number of hydrogen-bond donors (Lipinski definition) is 2. The normalized spacial score (nSPS) is 13.0. The first-order valence-corrected chi connectivity index (χ1v) is 11.1. The maximum atomic E-state index is 12.8. The molecule has 0 radical (unpaired) electrons. The third-order valence-electron chi connectivity index (χ3n) is 5.37. The molecule has 33 heavy (non-hydrogen) atoms. The van der Waals surface area contributed by atoms with Crippen LogP contribution in [-0.4, -0.2) is 34.9 Å². The minimum absolute atomic E-state index is 0.298. The van der Waals surface area contributed by atoms with Gasteiger partial charge in [0.25, 0.3) is 5.91 Å². The van der Waals surface area contributed by atoms with Crippen LogP contribution in [0, 0.1) is 13.8 Å². The molecule has 1 aliphatic heterocycles. The van der Waals surface area contributed by atoms with Crippen LogP contribution in [0.5, 0.6) is 11.5 Å². The predicted octanol–water partition coefficient (Wildman–Crippen LogP) is 4.34. The molecule has 0 atom stereocenters. The molecular weight excluding hydrogens is 442 g/mol. The number of benzene rings is 2. The Labute approximate surface area is 197 Å². The van der Waals surface area contributed by atoms with Crippen molar-refractivity contribution in [2.75, 3.05) is 18.5 Å². The molecule has 0 aliphatic carbocycles. The van der Waals surface area contributed by atoms with Crippen molar-refractivity contribution in [1.29, 1.82) is 0 Å². The lowest BCUT2D eigenvalue weighted by atomic mass is 10.2. The van der Waals surface area contributed by atoms with E-state index in [0.717, 1.165) is 23.5 Å². The summed E-state index contributed by atoms with van der Waals surface area (Å²) in [6.07, 6.45) is 0. The predicted molar refractivity (Wildman–Crippen MR) is 128 cm³/mol. The fraction of sp³-hybridized carbons (Fsp3) is 0.292. The van der Waals surface area contributed by atoms with Gasteiger partial charge in [-0.1, -0.05) is 11.6 Å². The Balaban J connectivity index is 1.60. The van der Waals surface area contributed by atoms with Crippen molar-refractivity contribution >= 4 is 29.2 Å². The summed E-state index contributed by atoms with van der Waals surface area (Å²) >= 11 is 5.95. The largest absolute Gasteiger partial charge is 0.486 e. The first-order chi connectivity index (χ1) is 15.9. The molecule has 1 aliphatic rings. The maximum Gasteiger partial charge on any atom is 0.257 e. The maximum absolute atomic E-state index is 12.8. The van der Waals surface area contributed by atoms with Gasteiger partial charge in [0, 0.05) is 40.1 Å². The number of guanidine groups is 1. The van der Waals surface area contributed by atoms with E-state index >= 15 is 0 Å². The zero-order valence-electron chi connectivity index (χ0n) is 18.8. The quantitative estimate of drug-likeness (QED) is 0.430. The molecule has 4 rings (SSSR count). The van der Waals surface area contributed by atoms with Crippen LogP contribution in [0.1, 0.15) is 34.2 Å². The van der Waals surface area contributed by atoms with Crippen molar-refractivity contribution in [2.45, 2.75) is 33.9 Å². The zero-order valence-corrected chi connectivity index (χ0v) is 19.6. The number of ether oxygens (including phenoxy) is 2. The summed E-state index contributed by atoms with van der Waals surface area (Å²) in [5.41, 5.74) is 4.19. The van der Waals surface area contributed by atoms with Crippen LogP contribution in [0.4, 0.5) is 5.69 Å². The van der Waals surface area contributed by atoms with Gasteiger partial charge in [-0.15, -0.1) is 0 Å². The number of aryl methyl sites for hydroxylation is 2. The smallest absolute Gasteiger partial charge is 0.257 e. The Morgan fingerprint density at radius 1 is 1.12 bits per heavy atom. The molecule has 0 saturated carbocycles. The first kappa shape index (κ1) is 22.7. The molecule has 9 heteroatoms. The number of fused-ring (bicyclic) bond motifs is 1. The van der Waals surface area contributed by atoms with Gasteiger partial charge in [0.2, 0.25) is 5.96 Å². The van der Waals surface area contributed by atoms with Gasteiger partial charge in [0.05, 0.1) is 12.2 Å². The molecule has 2 heterocycles. The van der Waals surface area contributed by atoms with Crippen LogP contribution in [0.15, 0.2) is 47.5 Å². The SMILES string of the molecule is CCn1nc(C)c(CN=C(NC(=O)c2ccc(Cl)cc2)Nc2ccc3c(c2)OCCO3)c1C. The van der Waals surface area contributed by atoms with Gasteiger partial charge in [-0.2, -0.15) is 5.10 Å². The zero-order chi connectivity index (χ0) is 23.4. The van der Waals surface area contributed by atoms with Gasteiger partial charge >= 0.3 is 0 Å². The Hall–Kier alpha value is -3.52. The summed E-state index contributed by atoms with van der Waals surface area (Å²) in [6, 6.07) is 12.2. The van der Waals surface area contributed by atoms with E-state index in [1.807, 2.05) is 43.7 Å². The van der Waals surface area contributed by atoms with Gasteiger partial charge in [-0.3, -0.25) is 14.8 Å². The Morgan fingerprint density at radius 3 is 2.55 bits per heavy atom. The minimum atomic E-state index is -0.298. The van der Waals surface area contributed by atoms with Crippen LogP contribution >= 0.6 is 11.6 Å². The molecule has 1 aromatic heterocycles. The van der Waals surface area contributed by atoms with E-state index in [2.05, 4.69) is 20.7 Å². The van der Waals surface area contributed by atoms with E-state index in [0.29, 0.717) is 53.5 Å². The highest BCUT2D eigenvalue weighted by atomic mass is 35.5. The number of nitrogens with one attached hydrogen (secondary N) is 2. The highest BCUT2D eigenvalue weighted by Gasteiger charge is 2.15. The van der Waals surface area contributed by atoms with Crippen LogP contribution in [-0.2, 0) is 13.1 Å². The number of carbonyl (C=O) groups excluding carboxylic acids is 1. The highest BCUT2D eigenvalue weighted by Crippen LogP contribution is 2.32. The van der Waals surface area contributed by atoms with Crippen LogP contribution < -0.4 is 20.1 Å². The van der Waals surface area contributed by atoms with Crippen molar-refractivity contribution in [3.63, 3.8) is 0 Å². The van der Waals surface area contributed by atoms with Crippen LogP contribution in [0.3, 0.4) is 0 Å². The molecule has 172 valence electrons. The first-order valence-electron chi connectivity index (χ1n) is 10.8. The number of carbonyl (C=O) groups is 1. The molecular formula is C24H26ClN5O3. The molecule has 0 bridgehead atoms. The number of anilines is 1. The van der Waals surface area contributed by atoms with Gasteiger partial charge in [0.15, 0.2) is 11.5 Å². The van der Waals surface area contributed by atoms with Gasteiger partial charge in [-0.05, 0) is 57.2 Å². The Kier molecular flexibility index (Phi) is 6.84. The number of rotatable bonds is 5. The summed E-state index contributed by atoms with van der Waals surface area (Å²) < 4.78 is 13.2. The lowest BCUT2D eigenvalue weighted by Crippen LogP contribution is -2.36. The van der Waals surface area contributed by atoms with Crippen molar-refractivity contribution in [1.82, 2.24) is 15.1 Å². The van der Waals surface area contributed by atoms with Gasteiger partial charge in [-0.25, -0.2) is 4.99 Å². The second-order valence-electron chi connectivity index (χ2n) is 7.57. The third-order valence-corrected chi connectivity index (χ3v) is 5.62. The van der Waals surface area contributed by atoms with Gasteiger partial charge < -0.3 is 14.8 Å². The van der Waals surface area contributed by atoms with Gasteiger partial charge in [0.1, 0.15) is 13.2 Å². The number of nitrogens with zero attached hydrogens (tertiary/aromatic N) is 3. The topological polar surface area (TPSA) is 89.8 Å². The van der Waals surface area contributed by atoms with E-state index in [1.54, 1.807) is 24.3 Å². The fourth-order valence-corrected chi connectivity index (χ4v) is 3.70. The van der Waals surface area contributed by atoms with Crippen molar-refractivity contribution in [2.24, 2.45) is 4.99 Å². The Morgan fingerprint density at radius 2 is 1.85 bits per heavy atom.